The highest BCUT2D eigenvalue weighted by Crippen LogP contribution is 1.98. The molecule has 4 nitrogen and oxygen atoms in total. The van der Waals surface area contributed by atoms with E-state index >= 15 is 0 Å². The van der Waals surface area contributed by atoms with E-state index in [0.717, 1.165) is 12.8 Å². The van der Waals surface area contributed by atoms with Gasteiger partial charge in [-0.3, -0.25) is 9.59 Å². The normalized spacial score (nSPS) is 9.94. The molecule has 0 aliphatic rings. The van der Waals surface area contributed by atoms with Crippen LogP contribution in [0, 0.1) is 0 Å². The fourth-order valence-electron chi connectivity index (χ4n) is 1.38. The summed E-state index contributed by atoms with van der Waals surface area (Å²) in [5.74, 6) is -0.0435. The largest absolute Gasteiger partial charge is 0.464 e. The third-order valence-corrected chi connectivity index (χ3v) is 2.28. The number of rotatable bonds is 8. The van der Waals surface area contributed by atoms with Crippen LogP contribution in [0.5, 0.6) is 0 Å². The molecule has 16 heavy (non-hydrogen) atoms. The van der Waals surface area contributed by atoms with Crippen LogP contribution in [0.25, 0.3) is 0 Å². The van der Waals surface area contributed by atoms with E-state index in [1.54, 1.807) is 4.90 Å². The lowest BCUT2D eigenvalue weighted by molar-refractivity contribution is -0.145. The summed E-state index contributed by atoms with van der Waals surface area (Å²) in [5, 5.41) is 0. The Labute approximate surface area is 98.0 Å². The van der Waals surface area contributed by atoms with Crippen molar-refractivity contribution in [3.05, 3.63) is 0 Å². The lowest BCUT2D eigenvalue weighted by atomic mass is 10.3. The average Bonchev–Trinajstić information content (AvgIpc) is 2.25. The number of hydrogen-bond acceptors (Lipinski definition) is 3. The maximum atomic E-state index is 11.6. The Kier molecular flexibility index (Phi) is 8.58. The maximum absolute atomic E-state index is 11.6. The highest BCUT2D eigenvalue weighted by Gasteiger charge is 2.10. The van der Waals surface area contributed by atoms with Gasteiger partial charge in [-0.1, -0.05) is 13.8 Å². The van der Waals surface area contributed by atoms with Crippen molar-refractivity contribution in [1.29, 1.82) is 0 Å². The van der Waals surface area contributed by atoms with Gasteiger partial charge in [0.05, 0.1) is 6.54 Å². The Morgan fingerprint density at radius 2 is 1.69 bits per heavy atom. The van der Waals surface area contributed by atoms with Gasteiger partial charge in [-0.15, -0.1) is 0 Å². The Morgan fingerprint density at radius 1 is 1.06 bits per heavy atom. The Morgan fingerprint density at radius 3 is 2.19 bits per heavy atom. The minimum absolute atomic E-state index is 0.136. The van der Waals surface area contributed by atoms with Crippen molar-refractivity contribution in [3.63, 3.8) is 0 Å². The standard InChI is InChI=1S/C12H23NO3/c1-4-7-11(14)13(6-3)9-10-16-12(15)8-5-2/h4-10H2,1-3H3. The highest BCUT2D eigenvalue weighted by molar-refractivity contribution is 5.76. The zero-order valence-corrected chi connectivity index (χ0v) is 10.6. The number of carbonyl (C=O) groups excluding carboxylic acids is 2. The number of ether oxygens (including phenoxy) is 1. The minimum atomic E-state index is -0.179. The lowest BCUT2D eigenvalue weighted by Gasteiger charge is -2.20. The number of hydrogen-bond donors (Lipinski definition) is 0. The summed E-state index contributed by atoms with van der Waals surface area (Å²) in [6.07, 6.45) is 2.67. The molecule has 4 heteroatoms. The molecule has 0 bridgehead atoms. The van der Waals surface area contributed by atoms with Gasteiger partial charge in [0.15, 0.2) is 0 Å². The van der Waals surface area contributed by atoms with Crippen LogP contribution in [0.3, 0.4) is 0 Å². The number of nitrogens with zero attached hydrogens (tertiary/aromatic N) is 1. The molecular formula is C12H23NO3. The fourth-order valence-corrected chi connectivity index (χ4v) is 1.38. The van der Waals surface area contributed by atoms with Gasteiger partial charge in [-0.2, -0.15) is 0 Å². The molecule has 0 unspecified atom stereocenters. The smallest absolute Gasteiger partial charge is 0.305 e. The van der Waals surface area contributed by atoms with Crippen LogP contribution in [-0.2, 0) is 14.3 Å². The van der Waals surface area contributed by atoms with Crippen LogP contribution in [0.15, 0.2) is 0 Å². The first-order valence-electron chi connectivity index (χ1n) is 6.09. The molecule has 1 amide bonds. The van der Waals surface area contributed by atoms with Gasteiger partial charge in [0.25, 0.3) is 0 Å². The van der Waals surface area contributed by atoms with Crippen LogP contribution >= 0.6 is 0 Å². The van der Waals surface area contributed by atoms with Crippen LogP contribution in [0.2, 0.25) is 0 Å². The monoisotopic (exact) mass is 229 g/mol. The second-order valence-corrected chi connectivity index (χ2v) is 3.69. The van der Waals surface area contributed by atoms with Crippen molar-refractivity contribution in [3.8, 4) is 0 Å². The number of carbonyl (C=O) groups is 2. The van der Waals surface area contributed by atoms with E-state index < -0.39 is 0 Å². The Bertz CT molecular complexity index is 216. The first-order chi connectivity index (χ1) is 7.65. The zero-order chi connectivity index (χ0) is 12.4. The first kappa shape index (κ1) is 14.9. The molecule has 0 fully saturated rings. The number of esters is 1. The van der Waals surface area contributed by atoms with Gasteiger partial charge >= 0.3 is 5.97 Å². The van der Waals surface area contributed by atoms with Crippen molar-refractivity contribution in [1.82, 2.24) is 4.90 Å². The van der Waals surface area contributed by atoms with E-state index in [-0.39, 0.29) is 11.9 Å². The highest BCUT2D eigenvalue weighted by atomic mass is 16.5. The Hall–Kier alpha value is -1.06. The second kappa shape index (κ2) is 9.19. The summed E-state index contributed by atoms with van der Waals surface area (Å²) in [6.45, 7) is 7.33. The SMILES string of the molecule is CCCC(=O)OCCN(CC)C(=O)CCC. The van der Waals surface area contributed by atoms with Crippen LogP contribution in [-0.4, -0.2) is 36.5 Å². The van der Waals surface area contributed by atoms with Gasteiger partial charge in [0.2, 0.25) is 5.91 Å². The van der Waals surface area contributed by atoms with Gasteiger partial charge in [-0.25, -0.2) is 0 Å². The zero-order valence-electron chi connectivity index (χ0n) is 10.6. The predicted molar refractivity (Wildman–Crippen MR) is 63.0 cm³/mol. The summed E-state index contributed by atoms with van der Waals surface area (Å²) in [4.78, 5) is 24.4. The fraction of sp³-hybridized carbons (Fsp3) is 0.833. The lowest BCUT2D eigenvalue weighted by Crippen LogP contribution is -2.34. The molecule has 0 aliphatic carbocycles. The van der Waals surface area contributed by atoms with E-state index in [0.29, 0.717) is 32.5 Å². The number of likely N-dealkylation sites (N-methyl/N-ethyl adjacent to an activating group) is 1. The van der Waals surface area contributed by atoms with Crippen molar-refractivity contribution in [2.24, 2.45) is 0 Å². The number of amides is 1. The second-order valence-electron chi connectivity index (χ2n) is 3.69. The quantitative estimate of drug-likeness (QED) is 0.598. The third-order valence-electron chi connectivity index (χ3n) is 2.28. The molecule has 0 radical (unpaired) electrons. The molecule has 0 saturated carbocycles. The van der Waals surface area contributed by atoms with E-state index in [9.17, 15) is 9.59 Å². The molecule has 0 N–H and O–H groups in total. The summed E-state index contributed by atoms with van der Waals surface area (Å²) in [7, 11) is 0. The van der Waals surface area contributed by atoms with Crippen molar-refractivity contribution in [2.75, 3.05) is 19.7 Å². The van der Waals surface area contributed by atoms with Crippen molar-refractivity contribution >= 4 is 11.9 Å². The summed E-state index contributed by atoms with van der Waals surface area (Å²) in [6, 6.07) is 0. The average molecular weight is 229 g/mol. The molecule has 0 heterocycles. The molecule has 0 spiro atoms. The van der Waals surface area contributed by atoms with E-state index in [2.05, 4.69) is 0 Å². The van der Waals surface area contributed by atoms with E-state index in [4.69, 9.17) is 4.74 Å². The Balaban J connectivity index is 3.78. The van der Waals surface area contributed by atoms with E-state index in [1.165, 1.54) is 0 Å². The van der Waals surface area contributed by atoms with Gasteiger partial charge in [0.1, 0.15) is 6.61 Å². The van der Waals surface area contributed by atoms with Gasteiger partial charge < -0.3 is 9.64 Å². The summed E-state index contributed by atoms with van der Waals surface area (Å²) >= 11 is 0. The predicted octanol–water partition coefficient (Wildman–Crippen LogP) is 1.98. The maximum Gasteiger partial charge on any atom is 0.305 e. The van der Waals surface area contributed by atoms with Crippen LogP contribution < -0.4 is 0 Å². The van der Waals surface area contributed by atoms with Gasteiger partial charge in [0, 0.05) is 19.4 Å². The molecule has 0 aliphatic heterocycles. The molecule has 0 rings (SSSR count). The van der Waals surface area contributed by atoms with Crippen molar-refractivity contribution < 1.29 is 14.3 Å². The molecular weight excluding hydrogens is 206 g/mol. The minimum Gasteiger partial charge on any atom is -0.464 e. The summed E-state index contributed by atoms with van der Waals surface area (Å²) in [5.41, 5.74) is 0. The van der Waals surface area contributed by atoms with Crippen LogP contribution in [0.4, 0.5) is 0 Å². The van der Waals surface area contributed by atoms with Crippen molar-refractivity contribution in [2.45, 2.75) is 46.5 Å². The van der Waals surface area contributed by atoms with Gasteiger partial charge in [-0.05, 0) is 19.8 Å². The van der Waals surface area contributed by atoms with E-state index in [1.807, 2.05) is 20.8 Å². The third kappa shape index (κ3) is 6.43. The van der Waals surface area contributed by atoms with Crippen LogP contribution in [0.1, 0.15) is 46.5 Å². The molecule has 94 valence electrons. The molecule has 0 aromatic heterocycles. The molecule has 0 saturated heterocycles. The topological polar surface area (TPSA) is 46.6 Å². The first-order valence-corrected chi connectivity index (χ1v) is 6.09. The molecule has 0 aromatic rings. The summed E-state index contributed by atoms with van der Waals surface area (Å²) < 4.78 is 5.01. The molecule has 0 aromatic carbocycles. The molecule has 0 atom stereocenters.